The van der Waals surface area contributed by atoms with Gasteiger partial charge in [-0.05, 0) is 56.2 Å². The van der Waals surface area contributed by atoms with E-state index in [0.29, 0.717) is 12.3 Å². The van der Waals surface area contributed by atoms with Gasteiger partial charge in [0, 0.05) is 13.1 Å². The molecule has 40 heavy (non-hydrogen) atoms. The number of methoxy groups -OCH3 is 1. The molecular weight excluding hydrogens is 550 g/mol. The summed E-state index contributed by atoms with van der Waals surface area (Å²) in [5, 5.41) is 3.07. The number of carbonyl (C=O) groups excluding carboxylic acids is 2. The van der Waals surface area contributed by atoms with Crippen LogP contribution in [0.3, 0.4) is 0 Å². The molecule has 0 spiro atoms. The Labute approximate surface area is 241 Å². The quantitative estimate of drug-likeness (QED) is 0.279. The molecule has 0 radical (unpaired) electrons. The Morgan fingerprint density at radius 1 is 1.02 bits per heavy atom. The van der Waals surface area contributed by atoms with Crippen LogP contribution < -0.4 is 14.4 Å². The van der Waals surface area contributed by atoms with Crippen molar-refractivity contribution in [2.45, 2.75) is 51.1 Å². The van der Waals surface area contributed by atoms with Gasteiger partial charge in [-0.3, -0.25) is 13.9 Å². The Kier molecular flexibility index (Phi) is 11.0. The molecule has 8 nitrogen and oxygen atoms in total. The predicted molar refractivity (Wildman–Crippen MR) is 158 cm³/mol. The number of nitrogens with zero attached hydrogens (tertiary/aromatic N) is 2. The summed E-state index contributed by atoms with van der Waals surface area (Å²) >= 11 is 6.35. The number of anilines is 1. The molecular formula is C30H36ClN3O5S. The molecule has 3 rings (SSSR count). The van der Waals surface area contributed by atoms with Crippen molar-refractivity contribution in [3.8, 4) is 5.75 Å². The maximum atomic E-state index is 13.9. The highest BCUT2D eigenvalue weighted by molar-refractivity contribution is 7.92. The molecule has 3 aromatic carbocycles. The molecule has 0 bridgehead atoms. The third kappa shape index (κ3) is 7.76. The smallest absolute Gasteiger partial charge is 0.264 e. The van der Waals surface area contributed by atoms with Crippen LogP contribution in [-0.2, 0) is 26.2 Å². The van der Waals surface area contributed by atoms with E-state index < -0.39 is 28.5 Å². The van der Waals surface area contributed by atoms with Gasteiger partial charge in [-0.2, -0.15) is 0 Å². The van der Waals surface area contributed by atoms with Crippen molar-refractivity contribution in [1.29, 1.82) is 0 Å². The molecule has 3 aromatic rings. The number of rotatable bonds is 13. The lowest BCUT2D eigenvalue weighted by atomic mass is 10.1. The molecule has 10 heteroatoms. The maximum Gasteiger partial charge on any atom is 0.264 e. The predicted octanol–water partition coefficient (Wildman–Crippen LogP) is 5.19. The van der Waals surface area contributed by atoms with E-state index in [9.17, 15) is 18.0 Å². The largest absolute Gasteiger partial charge is 0.495 e. The summed E-state index contributed by atoms with van der Waals surface area (Å²) in [6, 6.07) is 19.2. The lowest BCUT2D eigenvalue weighted by molar-refractivity contribution is -0.139. The van der Waals surface area contributed by atoms with E-state index in [4.69, 9.17) is 16.3 Å². The van der Waals surface area contributed by atoms with E-state index in [-0.39, 0.29) is 28.1 Å². The highest BCUT2D eigenvalue weighted by Crippen LogP contribution is 2.32. The topological polar surface area (TPSA) is 96.0 Å². The third-order valence-corrected chi connectivity index (χ3v) is 8.59. The summed E-state index contributed by atoms with van der Waals surface area (Å²) in [5.41, 5.74) is 2.07. The molecule has 0 saturated heterocycles. The Balaban J connectivity index is 2.02. The molecule has 0 aromatic heterocycles. The van der Waals surface area contributed by atoms with Crippen LogP contribution in [0.5, 0.6) is 5.75 Å². The Hall–Kier alpha value is -3.56. The number of sulfonamides is 1. The number of hydrogen-bond donors (Lipinski definition) is 1. The summed E-state index contributed by atoms with van der Waals surface area (Å²) in [6.45, 7) is 5.71. The van der Waals surface area contributed by atoms with E-state index in [1.165, 1.54) is 36.3 Å². The minimum atomic E-state index is -4.18. The van der Waals surface area contributed by atoms with E-state index in [2.05, 4.69) is 5.32 Å². The molecule has 2 amide bonds. The number of benzene rings is 3. The first-order valence-corrected chi connectivity index (χ1v) is 14.9. The minimum absolute atomic E-state index is 0.0187. The summed E-state index contributed by atoms with van der Waals surface area (Å²) in [6.07, 6.45) is 1.73. The molecule has 0 aliphatic rings. The standard InChI is InChI=1S/C30H36ClN3O5S/c1-5-6-18-32-30(36)23(3)33(20-24-14-12-22(2)13-15-24)29(35)21-34(25-16-17-28(39-4)27(31)19-25)40(37,38)26-10-8-7-9-11-26/h7-17,19,23H,5-6,18,20-21H2,1-4H3,(H,32,36). The first-order valence-electron chi connectivity index (χ1n) is 13.1. The molecule has 0 aliphatic heterocycles. The molecule has 0 aliphatic carbocycles. The number of unbranched alkanes of at least 4 members (excludes halogenated alkanes) is 1. The third-order valence-electron chi connectivity index (χ3n) is 6.50. The number of halogens is 1. The Bertz CT molecular complexity index is 1400. The number of ether oxygens (including phenoxy) is 1. The fourth-order valence-electron chi connectivity index (χ4n) is 4.07. The first-order chi connectivity index (χ1) is 19.1. The number of hydrogen-bond acceptors (Lipinski definition) is 5. The molecule has 0 heterocycles. The number of amides is 2. The summed E-state index contributed by atoms with van der Waals surface area (Å²) in [5.74, 6) is -0.476. The molecule has 0 fully saturated rings. The Morgan fingerprint density at radius 3 is 2.30 bits per heavy atom. The first kappa shape index (κ1) is 31.0. The van der Waals surface area contributed by atoms with Crippen molar-refractivity contribution >= 4 is 39.1 Å². The van der Waals surface area contributed by atoms with Gasteiger partial charge in [-0.1, -0.05) is 73.0 Å². The second kappa shape index (κ2) is 14.2. The van der Waals surface area contributed by atoms with E-state index in [1.807, 2.05) is 38.1 Å². The molecule has 1 atom stereocenters. The second-order valence-electron chi connectivity index (χ2n) is 9.47. The summed E-state index contributed by atoms with van der Waals surface area (Å²) < 4.78 is 33.9. The average Bonchev–Trinajstić information content (AvgIpc) is 2.95. The van der Waals surface area contributed by atoms with Gasteiger partial charge >= 0.3 is 0 Å². The number of nitrogens with one attached hydrogen (secondary N) is 1. The van der Waals surface area contributed by atoms with Crippen molar-refractivity contribution in [1.82, 2.24) is 10.2 Å². The lowest BCUT2D eigenvalue weighted by Gasteiger charge is -2.32. The zero-order valence-electron chi connectivity index (χ0n) is 23.3. The van der Waals surface area contributed by atoms with Gasteiger partial charge in [0.05, 0.1) is 22.7 Å². The van der Waals surface area contributed by atoms with Gasteiger partial charge in [-0.15, -0.1) is 0 Å². The van der Waals surface area contributed by atoms with Crippen LogP contribution >= 0.6 is 11.6 Å². The fourth-order valence-corrected chi connectivity index (χ4v) is 5.75. The van der Waals surface area contributed by atoms with Gasteiger partial charge in [0.25, 0.3) is 10.0 Å². The van der Waals surface area contributed by atoms with Crippen LogP contribution in [0, 0.1) is 6.92 Å². The van der Waals surface area contributed by atoms with Crippen molar-refractivity contribution in [3.05, 3.63) is 88.9 Å². The van der Waals surface area contributed by atoms with Gasteiger partial charge in [0.1, 0.15) is 18.3 Å². The molecule has 0 saturated carbocycles. The Morgan fingerprint density at radius 2 is 1.70 bits per heavy atom. The van der Waals surface area contributed by atoms with Crippen molar-refractivity contribution in [2.75, 3.05) is 24.5 Å². The number of aryl methyl sites for hydroxylation is 1. The van der Waals surface area contributed by atoms with Crippen LogP contribution in [0.4, 0.5) is 5.69 Å². The molecule has 214 valence electrons. The monoisotopic (exact) mass is 585 g/mol. The van der Waals surface area contributed by atoms with E-state index in [1.54, 1.807) is 31.2 Å². The molecule has 1 N–H and O–H groups in total. The van der Waals surface area contributed by atoms with Crippen LogP contribution in [0.1, 0.15) is 37.8 Å². The normalized spacial score (nSPS) is 11.9. The van der Waals surface area contributed by atoms with Gasteiger partial charge < -0.3 is 15.0 Å². The van der Waals surface area contributed by atoms with Crippen LogP contribution in [-0.4, -0.2) is 51.4 Å². The van der Waals surface area contributed by atoms with Gasteiger partial charge in [-0.25, -0.2) is 8.42 Å². The van der Waals surface area contributed by atoms with Crippen LogP contribution in [0.15, 0.2) is 77.7 Å². The average molecular weight is 586 g/mol. The summed E-state index contributed by atoms with van der Waals surface area (Å²) in [7, 11) is -2.72. The lowest BCUT2D eigenvalue weighted by Crippen LogP contribution is -2.51. The van der Waals surface area contributed by atoms with E-state index in [0.717, 1.165) is 28.3 Å². The highest BCUT2D eigenvalue weighted by Gasteiger charge is 2.32. The van der Waals surface area contributed by atoms with Crippen LogP contribution in [0.2, 0.25) is 5.02 Å². The van der Waals surface area contributed by atoms with Crippen molar-refractivity contribution < 1.29 is 22.7 Å². The maximum absolute atomic E-state index is 13.9. The van der Waals surface area contributed by atoms with Gasteiger partial charge in [0.15, 0.2) is 0 Å². The molecule has 1 unspecified atom stereocenters. The van der Waals surface area contributed by atoms with E-state index >= 15 is 0 Å². The van der Waals surface area contributed by atoms with Crippen molar-refractivity contribution in [3.63, 3.8) is 0 Å². The number of carbonyl (C=O) groups is 2. The second-order valence-corrected chi connectivity index (χ2v) is 11.7. The minimum Gasteiger partial charge on any atom is -0.495 e. The zero-order valence-corrected chi connectivity index (χ0v) is 24.8. The SMILES string of the molecule is CCCCNC(=O)C(C)N(Cc1ccc(C)cc1)C(=O)CN(c1ccc(OC)c(Cl)c1)S(=O)(=O)c1ccccc1. The highest BCUT2D eigenvalue weighted by atomic mass is 35.5. The fraction of sp³-hybridized carbons (Fsp3) is 0.333. The zero-order chi connectivity index (χ0) is 29.3. The van der Waals surface area contributed by atoms with Crippen LogP contribution in [0.25, 0.3) is 0 Å². The summed E-state index contributed by atoms with van der Waals surface area (Å²) in [4.78, 5) is 28.4. The van der Waals surface area contributed by atoms with Gasteiger partial charge in [0.2, 0.25) is 11.8 Å². The van der Waals surface area contributed by atoms with Crippen molar-refractivity contribution in [2.24, 2.45) is 0 Å².